The highest BCUT2D eigenvalue weighted by molar-refractivity contribution is 9.11. The Bertz CT molecular complexity index is 321. The van der Waals surface area contributed by atoms with Crippen LogP contribution in [-0.4, -0.2) is 17.6 Å². The summed E-state index contributed by atoms with van der Waals surface area (Å²) in [5, 5.41) is 0. The van der Waals surface area contributed by atoms with Crippen LogP contribution in [0.2, 0.25) is 0 Å². The average molecular weight is 323 g/mol. The Hall–Kier alpha value is -0.420. The maximum Gasteiger partial charge on any atom is 0.311 e. The van der Waals surface area contributed by atoms with Gasteiger partial charge in [-0.05, 0) is 35.0 Å². The number of aromatic nitrogens is 1. The molecular weight excluding hydrogens is 314 g/mol. The summed E-state index contributed by atoms with van der Waals surface area (Å²) in [5.74, 6) is -0.259. The Morgan fingerprint density at radius 1 is 1.50 bits per heavy atom. The first-order valence-corrected chi connectivity index (χ1v) is 5.68. The van der Waals surface area contributed by atoms with Crippen molar-refractivity contribution in [3.05, 3.63) is 26.9 Å². The number of hydrogen-bond acceptors (Lipinski definition) is 3. The standard InChI is InChI=1S/C9H9Br2NO2/c1-2-14-9(13)5-7-3-6(10)4-8(11)12-7/h3-4H,2,5H2,1H3. The number of carbonyl (C=O) groups excluding carboxylic acids is 1. The molecular formula is C9H9Br2NO2. The van der Waals surface area contributed by atoms with Crippen molar-refractivity contribution in [2.75, 3.05) is 6.61 Å². The second-order valence-electron chi connectivity index (χ2n) is 2.58. The molecule has 1 aromatic rings. The van der Waals surface area contributed by atoms with E-state index < -0.39 is 0 Å². The molecule has 0 saturated heterocycles. The van der Waals surface area contributed by atoms with Gasteiger partial charge in [-0.3, -0.25) is 4.79 Å². The lowest BCUT2D eigenvalue weighted by molar-refractivity contribution is -0.142. The van der Waals surface area contributed by atoms with E-state index >= 15 is 0 Å². The molecule has 0 aliphatic heterocycles. The van der Waals surface area contributed by atoms with Crippen molar-refractivity contribution < 1.29 is 9.53 Å². The third-order valence-corrected chi connectivity index (χ3v) is 2.31. The van der Waals surface area contributed by atoms with Crippen LogP contribution in [0.1, 0.15) is 12.6 Å². The molecule has 0 bridgehead atoms. The summed E-state index contributed by atoms with van der Waals surface area (Å²) in [5.41, 5.74) is 0.685. The summed E-state index contributed by atoms with van der Waals surface area (Å²) in [7, 11) is 0. The lowest BCUT2D eigenvalue weighted by atomic mass is 10.3. The molecule has 0 spiro atoms. The minimum absolute atomic E-state index is 0.200. The summed E-state index contributed by atoms with van der Waals surface area (Å²) in [6.45, 7) is 2.18. The molecule has 0 N–H and O–H groups in total. The minimum Gasteiger partial charge on any atom is -0.466 e. The molecule has 0 aliphatic rings. The molecule has 0 amide bonds. The second kappa shape index (κ2) is 5.46. The highest BCUT2D eigenvalue weighted by atomic mass is 79.9. The Morgan fingerprint density at radius 3 is 2.79 bits per heavy atom. The van der Waals surface area contributed by atoms with Crippen LogP contribution in [0.15, 0.2) is 21.2 Å². The quantitative estimate of drug-likeness (QED) is 0.634. The Morgan fingerprint density at radius 2 is 2.21 bits per heavy atom. The van der Waals surface area contributed by atoms with Gasteiger partial charge in [0.2, 0.25) is 0 Å². The second-order valence-corrected chi connectivity index (χ2v) is 4.31. The SMILES string of the molecule is CCOC(=O)Cc1cc(Br)cc(Br)n1. The first-order valence-electron chi connectivity index (χ1n) is 4.09. The van der Waals surface area contributed by atoms with Gasteiger partial charge in [0.05, 0.1) is 18.7 Å². The number of nitrogens with zero attached hydrogens (tertiary/aromatic N) is 1. The molecule has 3 nitrogen and oxygen atoms in total. The van der Waals surface area contributed by atoms with E-state index in [1.165, 1.54) is 0 Å². The van der Waals surface area contributed by atoms with E-state index in [9.17, 15) is 4.79 Å². The summed E-state index contributed by atoms with van der Waals surface area (Å²) >= 11 is 6.57. The molecule has 0 fully saturated rings. The average Bonchev–Trinajstić information content (AvgIpc) is 2.01. The van der Waals surface area contributed by atoms with E-state index in [1.54, 1.807) is 13.0 Å². The van der Waals surface area contributed by atoms with Gasteiger partial charge in [0, 0.05) is 4.47 Å². The van der Waals surface area contributed by atoms with Gasteiger partial charge in [-0.1, -0.05) is 15.9 Å². The van der Waals surface area contributed by atoms with Gasteiger partial charge in [-0.25, -0.2) is 4.98 Å². The van der Waals surface area contributed by atoms with E-state index in [1.807, 2.05) is 6.07 Å². The first kappa shape index (κ1) is 11.7. The zero-order valence-corrected chi connectivity index (χ0v) is 10.8. The van der Waals surface area contributed by atoms with Crippen LogP contribution in [0.4, 0.5) is 0 Å². The first-order chi connectivity index (χ1) is 6.61. The van der Waals surface area contributed by atoms with Crippen molar-refractivity contribution >= 4 is 37.8 Å². The third-order valence-electron chi connectivity index (χ3n) is 1.44. The largest absolute Gasteiger partial charge is 0.466 e. The van der Waals surface area contributed by atoms with Crippen LogP contribution in [0.5, 0.6) is 0 Å². The van der Waals surface area contributed by atoms with Crippen molar-refractivity contribution in [1.82, 2.24) is 4.98 Å². The number of carbonyl (C=O) groups is 1. The van der Waals surface area contributed by atoms with Crippen LogP contribution in [0.25, 0.3) is 0 Å². The van der Waals surface area contributed by atoms with Crippen LogP contribution < -0.4 is 0 Å². The van der Waals surface area contributed by atoms with Gasteiger partial charge in [-0.2, -0.15) is 0 Å². The fourth-order valence-electron chi connectivity index (χ4n) is 0.967. The van der Waals surface area contributed by atoms with Crippen molar-refractivity contribution in [2.45, 2.75) is 13.3 Å². The number of halogens is 2. The number of esters is 1. The maximum absolute atomic E-state index is 11.1. The smallest absolute Gasteiger partial charge is 0.311 e. The molecule has 5 heteroatoms. The highest BCUT2D eigenvalue weighted by Gasteiger charge is 2.06. The molecule has 0 aliphatic carbocycles. The highest BCUT2D eigenvalue weighted by Crippen LogP contribution is 2.17. The lowest BCUT2D eigenvalue weighted by Crippen LogP contribution is -2.08. The van der Waals surface area contributed by atoms with Crippen molar-refractivity contribution in [2.24, 2.45) is 0 Å². The maximum atomic E-state index is 11.1. The van der Waals surface area contributed by atoms with Crippen LogP contribution in [0.3, 0.4) is 0 Å². The normalized spacial score (nSPS) is 9.93. The van der Waals surface area contributed by atoms with E-state index in [-0.39, 0.29) is 12.4 Å². The summed E-state index contributed by atoms with van der Waals surface area (Å²) in [4.78, 5) is 15.3. The number of hydrogen-bond donors (Lipinski definition) is 0. The molecule has 76 valence electrons. The molecule has 0 saturated carbocycles. The third kappa shape index (κ3) is 3.75. The summed E-state index contributed by atoms with van der Waals surface area (Å²) < 4.78 is 6.40. The molecule has 1 aromatic heterocycles. The predicted molar refractivity (Wildman–Crippen MR) is 60.0 cm³/mol. The number of rotatable bonds is 3. The zero-order valence-electron chi connectivity index (χ0n) is 7.59. The lowest BCUT2D eigenvalue weighted by Gasteiger charge is -2.02. The molecule has 14 heavy (non-hydrogen) atoms. The van der Waals surface area contributed by atoms with Gasteiger partial charge < -0.3 is 4.74 Å². The zero-order chi connectivity index (χ0) is 10.6. The van der Waals surface area contributed by atoms with Crippen molar-refractivity contribution in [3.63, 3.8) is 0 Å². The van der Waals surface area contributed by atoms with Gasteiger partial charge >= 0.3 is 5.97 Å². The molecule has 0 atom stereocenters. The van der Waals surface area contributed by atoms with Crippen molar-refractivity contribution in [1.29, 1.82) is 0 Å². The summed E-state index contributed by atoms with van der Waals surface area (Å²) in [6, 6.07) is 3.61. The Balaban J connectivity index is 2.71. The van der Waals surface area contributed by atoms with E-state index in [0.717, 1.165) is 4.47 Å². The topological polar surface area (TPSA) is 39.2 Å². The Labute approximate surface area is 99.1 Å². The number of ether oxygens (including phenoxy) is 1. The summed E-state index contributed by atoms with van der Waals surface area (Å²) in [6.07, 6.45) is 0.200. The fraction of sp³-hybridized carbons (Fsp3) is 0.333. The van der Waals surface area contributed by atoms with E-state index in [2.05, 4.69) is 36.8 Å². The van der Waals surface area contributed by atoms with Gasteiger partial charge in [-0.15, -0.1) is 0 Å². The van der Waals surface area contributed by atoms with Crippen molar-refractivity contribution in [3.8, 4) is 0 Å². The van der Waals surface area contributed by atoms with E-state index in [4.69, 9.17) is 4.74 Å². The van der Waals surface area contributed by atoms with E-state index in [0.29, 0.717) is 16.9 Å². The monoisotopic (exact) mass is 321 g/mol. The molecule has 0 unspecified atom stereocenters. The fourth-order valence-corrected chi connectivity index (χ4v) is 2.23. The van der Waals surface area contributed by atoms with Gasteiger partial charge in [0.1, 0.15) is 4.60 Å². The van der Waals surface area contributed by atoms with Crippen LogP contribution >= 0.6 is 31.9 Å². The molecule has 0 radical (unpaired) electrons. The predicted octanol–water partition coefficient (Wildman–Crippen LogP) is 2.71. The molecule has 0 aromatic carbocycles. The minimum atomic E-state index is -0.259. The Kier molecular flexibility index (Phi) is 4.54. The van der Waals surface area contributed by atoms with Crippen LogP contribution in [0, 0.1) is 0 Å². The molecule has 1 heterocycles. The molecule has 1 rings (SSSR count). The van der Waals surface area contributed by atoms with Gasteiger partial charge in [0.25, 0.3) is 0 Å². The number of pyridine rings is 1. The van der Waals surface area contributed by atoms with Crippen LogP contribution in [-0.2, 0) is 16.0 Å². The van der Waals surface area contributed by atoms with Gasteiger partial charge in [0.15, 0.2) is 0 Å².